The third-order valence-corrected chi connectivity index (χ3v) is 2.68. The Morgan fingerprint density at radius 2 is 1.89 bits per heavy atom. The molecular formula is C13H12ClFN2O. The summed E-state index contributed by atoms with van der Waals surface area (Å²) in [6, 6.07) is 11.8. The first-order valence-corrected chi connectivity index (χ1v) is 5.75. The summed E-state index contributed by atoms with van der Waals surface area (Å²) in [4.78, 5) is 0. The number of nitrogens with one attached hydrogen (secondary N) is 2. The van der Waals surface area contributed by atoms with E-state index in [1.54, 1.807) is 0 Å². The standard InChI is InChI=1S/C13H12ClFN2O/c14-12-7-10(15)6-9(13(12)18)8-16-17-11-4-2-1-3-5-11/h1-7,16-18H,8H2. The molecule has 94 valence electrons. The van der Waals surface area contributed by atoms with Gasteiger partial charge < -0.3 is 10.5 Å². The van der Waals surface area contributed by atoms with Crippen molar-refractivity contribution >= 4 is 17.3 Å². The van der Waals surface area contributed by atoms with Crippen LogP contribution in [0.15, 0.2) is 42.5 Å². The molecule has 0 spiro atoms. The van der Waals surface area contributed by atoms with E-state index in [2.05, 4.69) is 10.9 Å². The van der Waals surface area contributed by atoms with Gasteiger partial charge in [0.1, 0.15) is 11.6 Å². The van der Waals surface area contributed by atoms with Gasteiger partial charge in [-0.15, -0.1) is 0 Å². The molecule has 0 radical (unpaired) electrons. The van der Waals surface area contributed by atoms with Gasteiger partial charge in [-0.05, 0) is 24.3 Å². The van der Waals surface area contributed by atoms with Gasteiger partial charge in [0.05, 0.1) is 5.02 Å². The smallest absolute Gasteiger partial charge is 0.138 e. The van der Waals surface area contributed by atoms with E-state index in [1.165, 1.54) is 6.07 Å². The maximum Gasteiger partial charge on any atom is 0.138 e. The highest BCUT2D eigenvalue weighted by molar-refractivity contribution is 6.32. The van der Waals surface area contributed by atoms with Crippen molar-refractivity contribution in [3.63, 3.8) is 0 Å². The van der Waals surface area contributed by atoms with Gasteiger partial charge >= 0.3 is 0 Å². The largest absolute Gasteiger partial charge is 0.506 e. The fourth-order valence-electron chi connectivity index (χ4n) is 1.52. The zero-order chi connectivity index (χ0) is 13.0. The first kappa shape index (κ1) is 12.7. The van der Waals surface area contributed by atoms with Crippen molar-refractivity contribution in [2.45, 2.75) is 6.54 Å². The lowest BCUT2D eigenvalue weighted by atomic mass is 10.2. The Labute approximate surface area is 109 Å². The Bertz CT molecular complexity index is 534. The van der Waals surface area contributed by atoms with Gasteiger partial charge in [-0.3, -0.25) is 0 Å². The summed E-state index contributed by atoms with van der Waals surface area (Å²) in [5.41, 5.74) is 7.08. The molecule has 2 aromatic carbocycles. The molecule has 0 heterocycles. The lowest BCUT2D eigenvalue weighted by Crippen LogP contribution is -2.20. The molecule has 0 saturated heterocycles. The van der Waals surface area contributed by atoms with Crippen molar-refractivity contribution in [1.29, 1.82) is 0 Å². The molecule has 0 bridgehead atoms. The normalized spacial score (nSPS) is 10.3. The fourth-order valence-corrected chi connectivity index (χ4v) is 1.74. The number of para-hydroxylation sites is 1. The lowest BCUT2D eigenvalue weighted by molar-refractivity contribution is 0.463. The van der Waals surface area contributed by atoms with Gasteiger partial charge in [-0.1, -0.05) is 29.8 Å². The number of halogens is 2. The molecule has 0 unspecified atom stereocenters. The Morgan fingerprint density at radius 1 is 1.17 bits per heavy atom. The highest BCUT2D eigenvalue weighted by Crippen LogP contribution is 2.28. The minimum absolute atomic E-state index is 0.00603. The number of phenols is 1. The highest BCUT2D eigenvalue weighted by Gasteiger charge is 2.08. The molecule has 0 fully saturated rings. The van der Waals surface area contributed by atoms with Gasteiger partial charge in [-0.25, -0.2) is 9.82 Å². The topological polar surface area (TPSA) is 44.3 Å². The third-order valence-electron chi connectivity index (χ3n) is 2.39. The predicted octanol–water partition coefficient (Wildman–Crippen LogP) is 3.30. The molecule has 0 saturated carbocycles. The summed E-state index contributed by atoms with van der Waals surface area (Å²) in [7, 11) is 0. The van der Waals surface area contributed by atoms with E-state index in [1.807, 2.05) is 30.3 Å². The quantitative estimate of drug-likeness (QED) is 0.744. The van der Waals surface area contributed by atoms with Gasteiger partial charge in [0, 0.05) is 17.8 Å². The first-order valence-electron chi connectivity index (χ1n) is 5.37. The number of aromatic hydroxyl groups is 1. The molecule has 3 N–H and O–H groups in total. The maximum atomic E-state index is 13.1. The van der Waals surface area contributed by atoms with Crippen LogP contribution >= 0.6 is 11.6 Å². The summed E-state index contributed by atoms with van der Waals surface area (Å²) in [6.07, 6.45) is 0. The third kappa shape index (κ3) is 3.12. The van der Waals surface area contributed by atoms with E-state index >= 15 is 0 Å². The van der Waals surface area contributed by atoms with Crippen LogP contribution in [0.1, 0.15) is 5.56 Å². The number of phenolic OH excluding ortho intramolecular Hbond substituents is 1. The second-order valence-corrected chi connectivity index (χ2v) is 4.15. The van der Waals surface area contributed by atoms with E-state index in [0.717, 1.165) is 11.8 Å². The maximum absolute atomic E-state index is 13.1. The minimum Gasteiger partial charge on any atom is -0.506 e. The lowest BCUT2D eigenvalue weighted by Gasteiger charge is -2.10. The Kier molecular flexibility index (Phi) is 4.02. The molecular weight excluding hydrogens is 255 g/mol. The molecule has 0 aromatic heterocycles. The Balaban J connectivity index is 1.99. The van der Waals surface area contributed by atoms with E-state index in [-0.39, 0.29) is 17.3 Å². The molecule has 18 heavy (non-hydrogen) atoms. The first-order chi connectivity index (χ1) is 8.66. The minimum atomic E-state index is -0.477. The fraction of sp³-hybridized carbons (Fsp3) is 0.0769. The summed E-state index contributed by atoms with van der Waals surface area (Å²) in [5, 5.41) is 9.66. The zero-order valence-electron chi connectivity index (χ0n) is 9.45. The van der Waals surface area contributed by atoms with Crippen LogP contribution in [0.25, 0.3) is 0 Å². The van der Waals surface area contributed by atoms with Crippen LogP contribution < -0.4 is 10.9 Å². The van der Waals surface area contributed by atoms with Crippen molar-refractivity contribution in [1.82, 2.24) is 5.43 Å². The van der Waals surface area contributed by atoms with Crippen molar-refractivity contribution in [3.8, 4) is 5.75 Å². The highest BCUT2D eigenvalue weighted by atomic mass is 35.5. The van der Waals surface area contributed by atoms with Crippen molar-refractivity contribution in [3.05, 3.63) is 58.9 Å². The molecule has 0 amide bonds. The average molecular weight is 267 g/mol. The van der Waals surface area contributed by atoms with Gasteiger partial charge in [0.2, 0.25) is 0 Å². The molecule has 0 aliphatic heterocycles. The van der Waals surface area contributed by atoms with Gasteiger partial charge in [0.15, 0.2) is 0 Å². The molecule has 5 heteroatoms. The number of anilines is 1. The van der Waals surface area contributed by atoms with Crippen molar-refractivity contribution < 1.29 is 9.50 Å². The van der Waals surface area contributed by atoms with E-state index < -0.39 is 5.82 Å². The average Bonchev–Trinajstić information content (AvgIpc) is 2.36. The summed E-state index contributed by atoms with van der Waals surface area (Å²) < 4.78 is 13.1. The van der Waals surface area contributed by atoms with Crippen LogP contribution in [-0.2, 0) is 6.54 Å². The van der Waals surface area contributed by atoms with Crippen LogP contribution in [0, 0.1) is 5.82 Å². The molecule has 2 rings (SSSR count). The van der Waals surface area contributed by atoms with Crippen LogP contribution in [0.4, 0.5) is 10.1 Å². The second kappa shape index (κ2) is 5.71. The molecule has 0 aliphatic rings. The van der Waals surface area contributed by atoms with Gasteiger partial charge in [0.25, 0.3) is 0 Å². The number of rotatable bonds is 4. The predicted molar refractivity (Wildman–Crippen MR) is 70.0 cm³/mol. The Morgan fingerprint density at radius 3 is 2.61 bits per heavy atom. The summed E-state index contributed by atoms with van der Waals surface area (Å²) in [6.45, 7) is 0.248. The number of hydrogen-bond donors (Lipinski definition) is 3. The Hall–Kier alpha value is -1.78. The van der Waals surface area contributed by atoms with Crippen LogP contribution in [0.5, 0.6) is 5.75 Å². The van der Waals surface area contributed by atoms with E-state index in [4.69, 9.17) is 11.6 Å². The second-order valence-electron chi connectivity index (χ2n) is 3.74. The van der Waals surface area contributed by atoms with Crippen LogP contribution in [0.3, 0.4) is 0 Å². The van der Waals surface area contributed by atoms with Crippen molar-refractivity contribution in [2.24, 2.45) is 0 Å². The van der Waals surface area contributed by atoms with E-state index in [0.29, 0.717) is 5.56 Å². The SMILES string of the molecule is Oc1c(Cl)cc(F)cc1CNNc1ccccc1. The van der Waals surface area contributed by atoms with Gasteiger partial charge in [-0.2, -0.15) is 0 Å². The van der Waals surface area contributed by atoms with E-state index in [9.17, 15) is 9.50 Å². The van der Waals surface area contributed by atoms with Crippen LogP contribution in [0.2, 0.25) is 5.02 Å². The summed E-state index contributed by atoms with van der Waals surface area (Å²) >= 11 is 5.68. The molecule has 3 nitrogen and oxygen atoms in total. The van der Waals surface area contributed by atoms with Crippen LogP contribution in [-0.4, -0.2) is 5.11 Å². The number of hydrogen-bond acceptors (Lipinski definition) is 3. The number of hydrazine groups is 1. The zero-order valence-corrected chi connectivity index (χ0v) is 10.2. The van der Waals surface area contributed by atoms with Crippen molar-refractivity contribution in [2.75, 3.05) is 5.43 Å². The molecule has 0 atom stereocenters. The molecule has 0 aliphatic carbocycles. The molecule has 2 aromatic rings. The number of benzene rings is 2. The summed E-state index contributed by atoms with van der Waals surface area (Å²) in [5.74, 6) is -0.588. The monoisotopic (exact) mass is 266 g/mol.